The van der Waals surface area contributed by atoms with E-state index in [1.807, 2.05) is 0 Å². The van der Waals surface area contributed by atoms with Crippen LogP contribution in [0.15, 0.2) is 53.3 Å². The predicted octanol–water partition coefficient (Wildman–Crippen LogP) is 3.67. The Labute approximate surface area is 200 Å². The maximum absolute atomic E-state index is 13.2. The Hall–Kier alpha value is -3.93. The van der Waals surface area contributed by atoms with Crippen molar-refractivity contribution in [3.63, 3.8) is 0 Å². The molecule has 1 amide bonds. The lowest BCUT2D eigenvalue weighted by atomic mass is 10.0. The smallest absolute Gasteiger partial charge is 0.507 e. The van der Waals surface area contributed by atoms with E-state index < -0.39 is 41.7 Å². The Morgan fingerprint density at radius 1 is 1.03 bits per heavy atom. The minimum Gasteiger partial charge on any atom is -0.507 e. The summed E-state index contributed by atoms with van der Waals surface area (Å²) < 4.78 is 42.3. The number of thioether (sulfide) groups is 1. The van der Waals surface area contributed by atoms with Gasteiger partial charge in [0, 0.05) is 28.5 Å². The molecule has 1 aromatic heterocycles. The number of aliphatic carboxylic acids is 1. The summed E-state index contributed by atoms with van der Waals surface area (Å²) in [5, 5.41) is 21.5. The molecule has 3 N–H and O–H groups in total. The Balaban J connectivity index is 1.70. The Morgan fingerprint density at radius 2 is 1.63 bits per heavy atom. The normalized spacial score (nSPS) is 12.8. The van der Waals surface area contributed by atoms with Gasteiger partial charge in [-0.05, 0) is 35.4 Å². The number of pyridine rings is 1. The Bertz CT molecular complexity index is 1350. The topological polar surface area (TPSA) is 118 Å². The number of ether oxygens (including phenoxy) is 1. The van der Waals surface area contributed by atoms with Crippen LogP contribution in [0.2, 0.25) is 0 Å². The second kappa shape index (κ2) is 9.37. The van der Waals surface area contributed by atoms with Gasteiger partial charge >= 0.3 is 12.3 Å². The van der Waals surface area contributed by atoms with Crippen molar-refractivity contribution in [1.29, 1.82) is 0 Å². The highest BCUT2D eigenvalue weighted by Crippen LogP contribution is 2.37. The highest BCUT2D eigenvalue weighted by molar-refractivity contribution is 7.98. The molecule has 0 bridgehead atoms. The molecule has 4 rings (SSSR count). The molecule has 0 unspecified atom stereocenters. The van der Waals surface area contributed by atoms with E-state index in [1.54, 1.807) is 24.3 Å². The SMILES string of the molecule is O=C(O)CNC(=O)c1c(O)c2c(n(-c3ccc(-c4ccc(OC(F)(F)F)cc4)cc3)c1=O)CSC2. The first kappa shape index (κ1) is 24.2. The fourth-order valence-corrected chi connectivity index (χ4v) is 4.79. The lowest BCUT2D eigenvalue weighted by molar-refractivity contribution is -0.274. The van der Waals surface area contributed by atoms with Crippen LogP contribution in [0.4, 0.5) is 13.2 Å². The number of nitrogens with zero attached hydrogens (tertiary/aromatic N) is 1. The fourth-order valence-electron chi connectivity index (χ4n) is 3.69. The summed E-state index contributed by atoms with van der Waals surface area (Å²) in [5.41, 5.74) is 1.27. The molecule has 0 aliphatic carbocycles. The molecule has 0 atom stereocenters. The van der Waals surface area contributed by atoms with E-state index in [4.69, 9.17) is 5.11 Å². The number of halogens is 3. The third-order valence-corrected chi connectivity index (χ3v) is 6.19. The van der Waals surface area contributed by atoms with Gasteiger partial charge in [0.05, 0.1) is 0 Å². The number of aromatic nitrogens is 1. The van der Waals surface area contributed by atoms with E-state index >= 15 is 0 Å². The first-order valence-electron chi connectivity index (χ1n) is 10.1. The van der Waals surface area contributed by atoms with Crippen molar-refractivity contribution in [3.05, 3.63) is 75.7 Å². The van der Waals surface area contributed by atoms with Gasteiger partial charge < -0.3 is 20.3 Å². The molecule has 0 saturated carbocycles. The number of carbonyl (C=O) groups excluding carboxylic acids is 1. The van der Waals surface area contributed by atoms with Gasteiger partial charge in [0.15, 0.2) is 0 Å². The zero-order valence-electron chi connectivity index (χ0n) is 17.8. The second-order valence-corrected chi connectivity index (χ2v) is 8.46. The van der Waals surface area contributed by atoms with Crippen molar-refractivity contribution in [1.82, 2.24) is 9.88 Å². The van der Waals surface area contributed by atoms with E-state index in [-0.39, 0.29) is 5.75 Å². The van der Waals surface area contributed by atoms with E-state index in [0.29, 0.717) is 39.6 Å². The standard InChI is InChI=1S/C23H17F3N2O6S/c24-23(25,26)34-15-7-3-13(4-8-15)12-1-5-14(6-2-12)28-17-11-35-10-16(17)20(31)19(22(28)33)21(32)27-9-18(29)30/h1-8,31H,9-11H2,(H,27,32)(H,29,30). The van der Waals surface area contributed by atoms with Gasteiger partial charge in [-0.3, -0.25) is 19.0 Å². The summed E-state index contributed by atoms with van der Waals surface area (Å²) in [6.45, 7) is -0.717. The van der Waals surface area contributed by atoms with Crippen LogP contribution in [0.5, 0.6) is 11.5 Å². The third-order valence-electron chi connectivity index (χ3n) is 5.22. The van der Waals surface area contributed by atoms with Gasteiger partial charge in [0.1, 0.15) is 23.6 Å². The molecule has 12 heteroatoms. The summed E-state index contributed by atoms with van der Waals surface area (Å²) in [7, 11) is 0. The van der Waals surface area contributed by atoms with Crippen molar-refractivity contribution in [2.24, 2.45) is 0 Å². The average molecular weight is 506 g/mol. The molecule has 2 aromatic carbocycles. The number of carboxylic acids is 1. The number of hydrogen-bond donors (Lipinski definition) is 3. The van der Waals surface area contributed by atoms with Crippen LogP contribution in [0.1, 0.15) is 21.6 Å². The number of fused-ring (bicyclic) bond motifs is 1. The average Bonchev–Trinajstić information content (AvgIpc) is 3.28. The Kier molecular flexibility index (Phi) is 6.48. The van der Waals surface area contributed by atoms with E-state index in [9.17, 15) is 32.7 Å². The van der Waals surface area contributed by atoms with Crippen LogP contribution in [-0.4, -0.2) is 39.6 Å². The molecular weight excluding hydrogens is 489 g/mol. The fraction of sp³-hybridized carbons (Fsp3) is 0.174. The number of amides is 1. The molecule has 3 aromatic rings. The number of rotatable bonds is 6. The van der Waals surface area contributed by atoms with Gasteiger partial charge in [-0.1, -0.05) is 24.3 Å². The molecule has 0 spiro atoms. The van der Waals surface area contributed by atoms with Crippen LogP contribution < -0.4 is 15.6 Å². The summed E-state index contributed by atoms with van der Waals surface area (Å²) in [5.74, 6) is -2.34. The van der Waals surface area contributed by atoms with Crippen molar-refractivity contribution >= 4 is 23.6 Å². The van der Waals surface area contributed by atoms with Crippen LogP contribution in [-0.2, 0) is 16.3 Å². The summed E-state index contributed by atoms with van der Waals surface area (Å²) in [4.78, 5) is 36.5. The zero-order valence-corrected chi connectivity index (χ0v) is 18.6. The van der Waals surface area contributed by atoms with Crippen molar-refractivity contribution < 1.29 is 37.7 Å². The second-order valence-electron chi connectivity index (χ2n) is 7.48. The first-order valence-corrected chi connectivity index (χ1v) is 11.2. The molecule has 0 saturated heterocycles. The van der Waals surface area contributed by atoms with E-state index in [0.717, 1.165) is 0 Å². The quantitative estimate of drug-likeness (QED) is 0.467. The Morgan fingerprint density at radius 3 is 2.20 bits per heavy atom. The van der Waals surface area contributed by atoms with Crippen LogP contribution in [0.25, 0.3) is 16.8 Å². The maximum atomic E-state index is 13.2. The number of alkyl halides is 3. The van der Waals surface area contributed by atoms with E-state index in [2.05, 4.69) is 10.1 Å². The summed E-state index contributed by atoms with van der Waals surface area (Å²) in [6.07, 6.45) is -4.79. The number of nitrogens with one attached hydrogen (secondary N) is 1. The van der Waals surface area contributed by atoms with Crippen LogP contribution >= 0.6 is 11.8 Å². The zero-order chi connectivity index (χ0) is 25.3. The summed E-state index contributed by atoms with van der Waals surface area (Å²) >= 11 is 1.44. The number of hydrogen-bond acceptors (Lipinski definition) is 6. The molecule has 1 aliphatic rings. The minimum absolute atomic E-state index is 0.352. The van der Waals surface area contributed by atoms with Gasteiger partial charge in [0.2, 0.25) is 0 Å². The lowest BCUT2D eigenvalue weighted by Gasteiger charge is -2.16. The van der Waals surface area contributed by atoms with Crippen molar-refractivity contribution in [2.75, 3.05) is 6.54 Å². The van der Waals surface area contributed by atoms with Crippen LogP contribution in [0, 0.1) is 0 Å². The van der Waals surface area contributed by atoms with Crippen molar-refractivity contribution in [2.45, 2.75) is 17.9 Å². The van der Waals surface area contributed by atoms with Gasteiger partial charge in [0.25, 0.3) is 11.5 Å². The molecule has 0 fully saturated rings. The predicted molar refractivity (Wildman–Crippen MR) is 121 cm³/mol. The first-order chi connectivity index (χ1) is 16.5. The number of benzene rings is 2. The number of carboxylic acid groups (broad SMARTS) is 1. The molecule has 8 nitrogen and oxygen atoms in total. The van der Waals surface area contributed by atoms with E-state index in [1.165, 1.54) is 40.6 Å². The largest absolute Gasteiger partial charge is 0.573 e. The minimum atomic E-state index is -4.79. The molecule has 2 heterocycles. The molecule has 0 radical (unpaired) electrons. The van der Waals surface area contributed by atoms with Gasteiger partial charge in [-0.2, -0.15) is 11.8 Å². The van der Waals surface area contributed by atoms with Crippen LogP contribution in [0.3, 0.4) is 0 Å². The highest BCUT2D eigenvalue weighted by atomic mass is 32.2. The molecule has 35 heavy (non-hydrogen) atoms. The lowest BCUT2D eigenvalue weighted by Crippen LogP contribution is -2.36. The monoisotopic (exact) mass is 506 g/mol. The highest BCUT2D eigenvalue weighted by Gasteiger charge is 2.31. The third kappa shape index (κ3) is 5.11. The molecule has 1 aliphatic heterocycles. The van der Waals surface area contributed by atoms with Gasteiger partial charge in [-0.25, -0.2) is 0 Å². The van der Waals surface area contributed by atoms with Crippen molar-refractivity contribution in [3.8, 4) is 28.3 Å². The number of aromatic hydroxyl groups is 1. The summed E-state index contributed by atoms with van der Waals surface area (Å²) in [6, 6.07) is 11.8. The van der Waals surface area contributed by atoms with Gasteiger partial charge in [-0.15, -0.1) is 13.2 Å². The number of carbonyl (C=O) groups is 2. The maximum Gasteiger partial charge on any atom is 0.573 e. The molecule has 182 valence electrons. The molecular formula is C23H17F3N2O6S.